The van der Waals surface area contributed by atoms with Gasteiger partial charge >= 0.3 is 5.97 Å². The predicted octanol–water partition coefficient (Wildman–Crippen LogP) is 2.82. The van der Waals surface area contributed by atoms with Crippen LogP contribution in [0.15, 0.2) is 0 Å². The van der Waals surface area contributed by atoms with Crippen LogP contribution in [-0.4, -0.2) is 48.7 Å². The van der Waals surface area contributed by atoms with Crippen molar-refractivity contribution in [3.63, 3.8) is 0 Å². The second-order valence-corrected chi connectivity index (χ2v) is 6.36. The van der Waals surface area contributed by atoms with Crippen molar-refractivity contribution in [3.8, 4) is 0 Å². The minimum absolute atomic E-state index is 0.169. The first-order valence-electron chi connectivity index (χ1n) is 7.87. The van der Waals surface area contributed by atoms with Gasteiger partial charge in [0.05, 0.1) is 7.11 Å². The quantitative estimate of drug-likeness (QED) is 0.627. The molecule has 0 fully saturated rings. The van der Waals surface area contributed by atoms with Gasteiger partial charge in [-0.05, 0) is 67.0 Å². The Morgan fingerprint density at radius 1 is 1.25 bits per heavy atom. The van der Waals surface area contributed by atoms with Crippen LogP contribution in [0.25, 0.3) is 0 Å². The Hall–Kier alpha value is -0.610. The highest BCUT2D eigenvalue weighted by Gasteiger charge is 2.34. The van der Waals surface area contributed by atoms with Crippen molar-refractivity contribution in [1.29, 1.82) is 0 Å². The summed E-state index contributed by atoms with van der Waals surface area (Å²) in [7, 11) is 1.46. The maximum Gasteiger partial charge on any atom is 0.325 e. The van der Waals surface area contributed by atoms with Crippen LogP contribution in [0.4, 0.5) is 0 Å². The van der Waals surface area contributed by atoms with Gasteiger partial charge in [-0.2, -0.15) is 0 Å². The maximum absolute atomic E-state index is 12.0. The molecule has 0 aliphatic carbocycles. The molecule has 0 radical (unpaired) electrons. The van der Waals surface area contributed by atoms with E-state index in [2.05, 4.69) is 44.8 Å². The van der Waals surface area contributed by atoms with Crippen molar-refractivity contribution in [1.82, 2.24) is 10.2 Å². The summed E-state index contributed by atoms with van der Waals surface area (Å²) in [5.41, 5.74) is -0.586. The fraction of sp³-hybridized carbons (Fsp3) is 0.938. The Labute approximate surface area is 125 Å². The molecule has 0 heterocycles. The highest BCUT2D eigenvalue weighted by atomic mass is 16.5. The fourth-order valence-electron chi connectivity index (χ4n) is 2.65. The van der Waals surface area contributed by atoms with Gasteiger partial charge in [0.2, 0.25) is 0 Å². The summed E-state index contributed by atoms with van der Waals surface area (Å²) < 4.78 is 4.95. The van der Waals surface area contributed by atoms with Crippen LogP contribution in [0.5, 0.6) is 0 Å². The van der Waals surface area contributed by atoms with Crippen LogP contribution in [0, 0.1) is 0 Å². The van der Waals surface area contributed by atoms with E-state index in [1.807, 2.05) is 6.92 Å². The van der Waals surface area contributed by atoms with Crippen LogP contribution >= 0.6 is 0 Å². The minimum Gasteiger partial charge on any atom is -0.468 e. The van der Waals surface area contributed by atoms with E-state index in [0.29, 0.717) is 6.04 Å². The summed E-state index contributed by atoms with van der Waals surface area (Å²) in [6, 6.07) is 0.813. The molecule has 20 heavy (non-hydrogen) atoms. The molecule has 0 spiro atoms. The van der Waals surface area contributed by atoms with Gasteiger partial charge in [-0.25, -0.2) is 0 Å². The molecule has 4 heteroatoms. The molecule has 1 N–H and O–H groups in total. The summed E-state index contributed by atoms with van der Waals surface area (Å²) in [6.07, 6.45) is 2.95. The Morgan fingerprint density at radius 2 is 1.85 bits per heavy atom. The third-order valence-electron chi connectivity index (χ3n) is 3.61. The zero-order valence-corrected chi connectivity index (χ0v) is 14.5. The molecule has 0 saturated heterocycles. The highest BCUT2D eigenvalue weighted by molar-refractivity contribution is 5.80. The van der Waals surface area contributed by atoms with Gasteiger partial charge < -0.3 is 9.64 Å². The second-order valence-electron chi connectivity index (χ2n) is 6.36. The number of carbonyl (C=O) groups is 1. The number of hydrogen-bond acceptors (Lipinski definition) is 4. The Kier molecular flexibility index (Phi) is 9.06. The second kappa shape index (κ2) is 9.35. The normalized spacial score (nSPS) is 14.9. The van der Waals surface area contributed by atoms with Gasteiger partial charge in [-0.3, -0.25) is 10.1 Å². The van der Waals surface area contributed by atoms with Crippen molar-refractivity contribution in [3.05, 3.63) is 0 Å². The summed E-state index contributed by atoms with van der Waals surface area (Å²) in [4.78, 5) is 14.5. The number of nitrogens with zero attached hydrogens (tertiary/aromatic N) is 1. The number of methoxy groups -OCH3 is 1. The largest absolute Gasteiger partial charge is 0.468 e. The third kappa shape index (κ3) is 6.71. The third-order valence-corrected chi connectivity index (χ3v) is 3.61. The number of ether oxygens (including phenoxy) is 1. The van der Waals surface area contributed by atoms with Crippen molar-refractivity contribution in [2.45, 2.75) is 78.4 Å². The van der Waals surface area contributed by atoms with E-state index in [9.17, 15) is 4.79 Å². The Morgan fingerprint density at radius 3 is 2.25 bits per heavy atom. The summed E-state index contributed by atoms with van der Waals surface area (Å²) in [6.45, 7) is 14.8. The van der Waals surface area contributed by atoms with Gasteiger partial charge in [0, 0.05) is 12.1 Å². The van der Waals surface area contributed by atoms with Crippen molar-refractivity contribution < 1.29 is 9.53 Å². The average Bonchev–Trinajstić information content (AvgIpc) is 2.35. The number of esters is 1. The van der Waals surface area contributed by atoms with Crippen LogP contribution < -0.4 is 5.32 Å². The van der Waals surface area contributed by atoms with E-state index >= 15 is 0 Å². The lowest BCUT2D eigenvalue weighted by Crippen LogP contribution is -2.53. The van der Waals surface area contributed by atoms with Gasteiger partial charge in [-0.1, -0.05) is 6.92 Å². The first-order valence-corrected chi connectivity index (χ1v) is 7.87. The molecule has 0 aromatic rings. The molecule has 1 atom stereocenters. The summed E-state index contributed by atoms with van der Waals surface area (Å²) >= 11 is 0. The standard InChI is InChI=1S/C16H34N2O2/c1-8-11-18(14(4)5)12-9-10-16(6,15(19)20-7)17-13(2)3/h13-14,17H,8-12H2,1-7H3. The average molecular weight is 286 g/mol. The number of rotatable bonds is 10. The van der Waals surface area contributed by atoms with Gasteiger partial charge in [0.1, 0.15) is 5.54 Å². The summed E-state index contributed by atoms with van der Waals surface area (Å²) in [5, 5.41) is 3.35. The molecular formula is C16H34N2O2. The van der Waals surface area contributed by atoms with Gasteiger partial charge in [0.25, 0.3) is 0 Å². The van der Waals surface area contributed by atoms with Crippen molar-refractivity contribution >= 4 is 5.97 Å². The zero-order valence-electron chi connectivity index (χ0n) is 14.5. The SMILES string of the molecule is CCCN(CCCC(C)(NC(C)C)C(=O)OC)C(C)C. The maximum atomic E-state index is 12.0. The molecule has 1 unspecified atom stereocenters. The smallest absolute Gasteiger partial charge is 0.325 e. The van der Waals surface area contributed by atoms with E-state index in [-0.39, 0.29) is 12.0 Å². The Balaban J connectivity index is 4.49. The monoisotopic (exact) mass is 286 g/mol. The van der Waals surface area contributed by atoms with Crippen LogP contribution in [0.1, 0.15) is 60.8 Å². The molecule has 4 nitrogen and oxygen atoms in total. The number of carbonyl (C=O) groups excluding carboxylic acids is 1. The van der Waals surface area contributed by atoms with E-state index in [1.54, 1.807) is 0 Å². The van der Waals surface area contributed by atoms with E-state index in [4.69, 9.17) is 4.74 Å². The molecule has 120 valence electrons. The van der Waals surface area contributed by atoms with E-state index in [0.717, 1.165) is 32.4 Å². The first-order chi connectivity index (χ1) is 9.26. The molecule has 0 aromatic heterocycles. The predicted molar refractivity (Wildman–Crippen MR) is 84.9 cm³/mol. The first kappa shape index (κ1) is 19.4. The van der Waals surface area contributed by atoms with E-state index in [1.165, 1.54) is 7.11 Å². The topological polar surface area (TPSA) is 41.6 Å². The number of nitrogens with one attached hydrogen (secondary N) is 1. The molecule has 0 amide bonds. The zero-order chi connectivity index (χ0) is 15.8. The molecule has 0 bridgehead atoms. The lowest BCUT2D eigenvalue weighted by Gasteiger charge is -2.32. The van der Waals surface area contributed by atoms with Gasteiger partial charge in [-0.15, -0.1) is 0 Å². The number of hydrogen-bond donors (Lipinski definition) is 1. The molecule has 0 aromatic carbocycles. The van der Waals surface area contributed by atoms with Crippen LogP contribution in [0.3, 0.4) is 0 Å². The molecule has 0 aliphatic heterocycles. The van der Waals surface area contributed by atoms with Crippen molar-refractivity contribution in [2.24, 2.45) is 0 Å². The van der Waals surface area contributed by atoms with Gasteiger partial charge in [0.15, 0.2) is 0 Å². The summed E-state index contributed by atoms with van der Waals surface area (Å²) in [5.74, 6) is -0.169. The minimum atomic E-state index is -0.586. The molecule has 0 saturated carbocycles. The van der Waals surface area contributed by atoms with Crippen LogP contribution in [0.2, 0.25) is 0 Å². The van der Waals surface area contributed by atoms with Crippen molar-refractivity contribution in [2.75, 3.05) is 20.2 Å². The Bertz CT molecular complexity index is 280. The lowest BCUT2D eigenvalue weighted by atomic mass is 9.94. The fourth-order valence-corrected chi connectivity index (χ4v) is 2.65. The lowest BCUT2D eigenvalue weighted by molar-refractivity contribution is -0.148. The molecule has 0 rings (SSSR count). The highest BCUT2D eigenvalue weighted by Crippen LogP contribution is 2.17. The molecule has 0 aliphatic rings. The van der Waals surface area contributed by atoms with E-state index < -0.39 is 5.54 Å². The molecular weight excluding hydrogens is 252 g/mol. The van der Waals surface area contributed by atoms with Crippen LogP contribution in [-0.2, 0) is 9.53 Å².